The van der Waals surface area contributed by atoms with Crippen LogP contribution in [0.5, 0.6) is 0 Å². The van der Waals surface area contributed by atoms with Crippen molar-refractivity contribution in [1.29, 1.82) is 0 Å². The van der Waals surface area contributed by atoms with Crippen molar-refractivity contribution in [1.82, 2.24) is 0 Å². The summed E-state index contributed by atoms with van der Waals surface area (Å²) in [6.07, 6.45) is 3.43. The van der Waals surface area contributed by atoms with Gasteiger partial charge in [0.15, 0.2) is 0 Å². The molecule has 4 heteroatoms. The van der Waals surface area contributed by atoms with Gasteiger partial charge in [0.05, 0.1) is 17.5 Å². The number of amides is 2. The zero-order valence-corrected chi connectivity index (χ0v) is 11.4. The van der Waals surface area contributed by atoms with Crippen LogP contribution in [-0.2, 0) is 9.59 Å². The molecule has 0 aromatic heterocycles. The van der Waals surface area contributed by atoms with Crippen LogP contribution in [0.25, 0.3) is 0 Å². The minimum atomic E-state index is -0.141. The summed E-state index contributed by atoms with van der Waals surface area (Å²) < 4.78 is 0. The number of anilines is 1. The molecule has 0 N–H and O–H groups in total. The Labute approximate surface area is 117 Å². The second-order valence-electron chi connectivity index (χ2n) is 5.68. The highest BCUT2D eigenvalue weighted by Gasteiger charge is 2.52. The number of carbonyl (C=O) groups is 3. The van der Waals surface area contributed by atoms with Crippen LogP contribution in [0.2, 0.25) is 0 Å². The third-order valence-corrected chi connectivity index (χ3v) is 4.60. The molecular formula is C16H17NO3. The Morgan fingerprint density at radius 2 is 1.65 bits per heavy atom. The molecule has 1 aliphatic heterocycles. The summed E-state index contributed by atoms with van der Waals surface area (Å²) >= 11 is 0. The first kappa shape index (κ1) is 13.0. The van der Waals surface area contributed by atoms with Crippen LogP contribution in [0.15, 0.2) is 24.3 Å². The number of imide groups is 1. The highest BCUT2D eigenvalue weighted by atomic mass is 16.2. The quantitative estimate of drug-likeness (QED) is 0.626. The molecule has 1 aromatic rings. The second-order valence-corrected chi connectivity index (χ2v) is 5.68. The Morgan fingerprint density at radius 1 is 1.10 bits per heavy atom. The number of carbonyl (C=O) groups excluding carboxylic acids is 3. The first-order valence-electron chi connectivity index (χ1n) is 7.08. The summed E-state index contributed by atoms with van der Waals surface area (Å²) in [5.74, 6) is 0.0680. The molecule has 2 aliphatic rings. The van der Waals surface area contributed by atoms with Gasteiger partial charge in [-0.3, -0.25) is 19.3 Å². The van der Waals surface area contributed by atoms with Gasteiger partial charge in [-0.05, 0) is 43.0 Å². The van der Waals surface area contributed by atoms with Crippen molar-refractivity contribution in [2.24, 2.45) is 17.8 Å². The Kier molecular flexibility index (Phi) is 3.16. The third-order valence-electron chi connectivity index (χ3n) is 4.60. The van der Waals surface area contributed by atoms with Gasteiger partial charge < -0.3 is 0 Å². The van der Waals surface area contributed by atoms with Gasteiger partial charge in [0.1, 0.15) is 6.29 Å². The SMILES string of the molecule is CCC1CC2C(=O)N(c3ccc(C=O)cc3)C(=O)C2C1. The summed E-state index contributed by atoms with van der Waals surface area (Å²) in [7, 11) is 0. The van der Waals surface area contributed by atoms with Gasteiger partial charge in [0, 0.05) is 5.56 Å². The van der Waals surface area contributed by atoms with E-state index in [0.717, 1.165) is 25.5 Å². The Balaban J connectivity index is 1.87. The molecule has 2 amide bonds. The standard InChI is InChI=1S/C16H17NO3/c1-2-10-7-13-14(8-10)16(20)17(15(13)19)12-5-3-11(9-18)4-6-12/h3-6,9-10,13-14H,2,7-8H2,1H3. The number of hydrogen-bond donors (Lipinski definition) is 0. The van der Waals surface area contributed by atoms with Crippen molar-refractivity contribution in [2.45, 2.75) is 26.2 Å². The van der Waals surface area contributed by atoms with Crippen LogP contribution < -0.4 is 4.90 Å². The van der Waals surface area contributed by atoms with Gasteiger partial charge in [-0.25, -0.2) is 0 Å². The first-order chi connectivity index (χ1) is 9.65. The molecule has 104 valence electrons. The molecule has 1 heterocycles. The Hall–Kier alpha value is -1.97. The fourth-order valence-electron chi connectivity index (χ4n) is 3.42. The molecule has 2 unspecified atom stereocenters. The maximum Gasteiger partial charge on any atom is 0.237 e. The van der Waals surface area contributed by atoms with Gasteiger partial charge in [-0.2, -0.15) is 0 Å². The van der Waals surface area contributed by atoms with Gasteiger partial charge >= 0.3 is 0 Å². The summed E-state index contributed by atoms with van der Waals surface area (Å²) in [6, 6.07) is 6.59. The molecule has 0 radical (unpaired) electrons. The number of fused-ring (bicyclic) bond motifs is 1. The monoisotopic (exact) mass is 271 g/mol. The van der Waals surface area contributed by atoms with Crippen molar-refractivity contribution in [3.05, 3.63) is 29.8 Å². The minimum absolute atomic E-state index is 0.0743. The first-order valence-corrected chi connectivity index (χ1v) is 7.08. The Bertz CT molecular complexity index is 540. The van der Waals surface area contributed by atoms with Gasteiger partial charge in [0.25, 0.3) is 0 Å². The van der Waals surface area contributed by atoms with Crippen molar-refractivity contribution in [3.8, 4) is 0 Å². The zero-order valence-electron chi connectivity index (χ0n) is 11.4. The molecule has 2 atom stereocenters. The maximum absolute atomic E-state index is 12.4. The highest BCUT2D eigenvalue weighted by Crippen LogP contribution is 2.45. The van der Waals surface area contributed by atoms with Crippen molar-refractivity contribution < 1.29 is 14.4 Å². The van der Waals surface area contributed by atoms with E-state index in [9.17, 15) is 14.4 Å². The number of rotatable bonds is 3. The normalized spacial score (nSPS) is 28.9. The van der Waals surface area contributed by atoms with E-state index in [0.29, 0.717) is 17.2 Å². The number of benzene rings is 1. The topological polar surface area (TPSA) is 54.5 Å². The number of nitrogens with zero attached hydrogens (tertiary/aromatic N) is 1. The summed E-state index contributed by atoms with van der Waals surface area (Å²) in [5, 5.41) is 0. The molecule has 20 heavy (non-hydrogen) atoms. The van der Waals surface area contributed by atoms with E-state index in [2.05, 4.69) is 6.92 Å². The van der Waals surface area contributed by atoms with E-state index in [1.54, 1.807) is 24.3 Å². The predicted molar refractivity (Wildman–Crippen MR) is 74.3 cm³/mol. The molecule has 0 bridgehead atoms. The highest BCUT2D eigenvalue weighted by molar-refractivity contribution is 6.22. The van der Waals surface area contributed by atoms with E-state index in [1.807, 2.05) is 0 Å². The van der Waals surface area contributed by atoms with Crippen LogP contribution in [0.3, 0.4) is 0 Å². The summed E-state index contributed by atoms with van der Waals surface area (Å²) in [4.78, 5) is 36.8. The van der Waals surface area contributed by atoms with Crippen LogP contribution >= 0.6 is 0 Å². The summed E-state index contributed by atoms with van der Waals surface area (Å²) in [6.45, 7) is 2.11. The van der Waals surface area contributed by atoms with Gasteiger partial charge in [0.2, 0.25) is 11.8 Å². The van der Waals surface area contributed by atoms with E-state index >= 15 is 0 Å². The fourth-order valence-corrected chi connectivity index (χ4v) is 3.42. The van der Waals surface area contributed by atoms with Crippen molar-refractivity contribution >= 4 is 23.8 Å². The van der Waals surface area contributed by atoms with Gasteiger partial charge in [-0.1, -0.05) is 13.3 Å². The molecule has 1 saturated carbocycles. The average Bonchev–Trinajstić information content (AvgIpc) is 3.00. The smallest absolute Gasteiger partial charge is 0.237 e. The van der Waals surface area contributed by atoms with Crippen LogP contribution in [0, 0.1) is 17.8 Å². The minimum Gasteiger partial charge on any atom is -0.298 e. The van der Waals surface area contributed by atoms with E-state index in [1.165, 1.54) is 4.90 Å². The van der Waals surface area contributed by atoms with Crippen LogP contribution in [-0.4, -0.2) is 18.1 Å². The summed E-state index contributed by atoms with van der Waals surface area (Å²) in [5.41, 5.74) is 1.12. The van der Waals surface area contributed by atoms with Crippen molar-refractivity contribution in [3.63, 3.8) is 0 Å². The molecular weight excluding hydrogens is 254 g/mol. The largest absolute Gasteiger partial charge is 0.298 e. The third kappa shape index (κ3) is 1.87. The maximum atomic E-state index is 12.4. The lowest BCUT2D eigenvalue weighted by molar-refractivity contribution is -0.123. The number of aldehydes is 1. The van der Waals surface area contributed by atoms with Crippen LogP contribution in [0.1, 0.15) is 36.5 Å². The number of hydrogen-bond acceptors (Lipinski definition) is 3. The predicted octanol–water partition coefficient (Wildman–Crippen LogP) is 2.42. The molecule has 4 nitrogen and oxygen atoms in total. The molecule has 1 saturated heterocycles. The van der Waals surface area contributed by atoms with Crippen LogP contribution in [0.4, 0.5) is 5.69 Å². The van der Waals surface area contributed by atoms with E-state index in [4.69, 9.17) is 0 Å². The molecule has 1 aromatic carbocycles. The Morgan fingerprint density at radius 3 is 2.10 bits per heavy atom. The lowest BCUT2D eigenvalue weighted by Gasteiger charge is -2.17. The van der Waals surface area contributed by atoms with Gasteiger partial charge in [-0.15, -0.1) is 0 Å². The van der Waals surface area contributed by atoms with E-state index < -0.39 is 0 Å². The van der Waals surface area contributed by atoms with Crippen molar-refractivity contribution in [2.75, 3.05) is 4.90 Å². The van der Waals surface area contributed by atoms with E-state index in [-0.39, 0.29) is 23.7 Å². The lowest BCUT2D eigenvalue weighted by atomic mass is 10.00. The zero-order chi connectivity index (χ0) is 14.3. The molecule has 0 spiro atoms. The average molecular weight is 271 g/mol. The second kappa shape index (κ2) is 4.85. The fraction of sp³-hybridized carbons (Fsp3) is 0.438. The lowest BCUT2D eigenvalue weighted by Crippen LogP contribution is -2.32. The molecule has 3 rings (SSSR count). The molecule has 1 aliphatic carbocycles. The molecule has 2 fully saturated rings.